The zero-order valence-corrected chi connectivity index (χ0v) is 19.2. The molecule has 0 radical (unpaired) electrons. The summed E-state index contributed by atoms with van der Waals surface area (Å²) in [5.41, 5.74) is 1.33. The first-order chi connectivity index (χ1) is 15.0. The van der Waals surface area contributed by atoms with Crippen molar-refractivity contribution in [3.63, 3.8) is 0 Å². The number of nitrogens with zero attached hydrogens (tertiary/aromatic N) is 2. The fourth-order valence-corrected chi connectivity index (χ4v) is 6.32. The summed E-state index contributed by atoms with van der Waals surface area (Å²) >= 11 is 5.79. The quantitative estimate of drug-likeness (QED) is 0.576. The van der Waals surface area contributed by atoms with E-state index in [0.29, 0.717) is 23.8 Å². The molecule has 3 atom stereocenters. The molecule has 5 nitrogen and oxygen atoms in total. The average Bonchev–Trinajstić information content (AvgIpc) is 3.51. The summed E-state index contributed by atoms with van der Waals surface area (Å²) in [7, 11) is 1.66. The fraction of sp³-hybridized carbons (Fsp3) is 0.600. The number of benzene rings is 1. The van der Waals surface area contributed by atoms with Gasteiger partial charge in [-0.25, -0.2) is 0 Å². The minimum absolute atomic E-state index is 0.222. The van der Waals surface area contributed by atoms with Crippen molar-refractivity contribution in [1.82, 2.24) is 15.1 Å². The number of allylic oxidation sites excluding steroid dienone is 1. The Hall–Kier alpha value is -2.08. The van der Waals surface area contributed by atoms with Crippen molar-refractivity contribution in [2.24, 2.45) is 17.3 Å². The molecule has 1 amide bonds. The van der Waals surface area contributed by atoms with E-state index in [4.69, 9.17) is 17.0 Å². The van der Waals surface area contributed by atoms with Gasteiger partial charge in [0.05, 0.1) is 13.5 Å². The van der Waals surface area contributed by atoms with E-state index in [-0.39, 0.29) is 5.91 Å². The molecule has 1 spiro atoms. The number of nitrogens with one attached hydrogen (secondary N) is 1. The third kappa shape index (κ3) is 4.32. The van der Waals surface area contributed by atoms with Crippen molar-refractivity contribution in [1.29, 1.82) is 0 Å². The van der Waals surface area contributed by atoms with Gasteiger partial charge in [-0.2, -0.15) is 0 Å². The molecule has 2 saturated heterocycles. The molecule has 3 fully saturated rings. The number of hydrogen-bond donors (Lipinski definition) is 1. The lowest BCUT2D eigenvalue weighted by molar-refractivity contribution is -0.132. The van der Waals surface area contributed by atoms with E-state index >= 15 is 0 Å². The highest BCUT2D eigenvalue weighted by molar-refractivity contribution is 7.80. The molecule has 2 aliphatic heterocycles. The molecule has 0 aromatic heterocycles. The van der Waals surface area contributed by atoms with Crippen LogP contribution in [-0.4, -0.2) is 60.2 Å². The lowest BCUT2D eigenvalue weighted by Gasteiger charge is -2.39. The molecule has 1 aromatic carbocycles. The zero-order chi connectivity index (χ0) is 21.4. The van der Waals surface area contributed by atoms with Gasteiger partial charge in [0.1, 0.15) is 5.75 Å². The highest BCUT2D eigenvalue weighted by Gasteiger charge is 2.43. The van der Waals surface area contributed by atoms with E-state index in [1.165, 1.54) is 19.3 Å². The Bertz CT molecular complexity index is 877. The number of thiocarbonyl (C=S) groups is 1. The standard InChI is InChI=1S/C25H33N3O2S/c1-30-21-4-2-3-18(14-21)16-23(29)27-10-7-25(8-11-27)9-12-28(17-25)24(31)26-22-15-19-5-6-20(22)13-19/h2-6,14,19-20,22H,7-13,15-17H2,1H3,(H,26,31). The molecule has 2 bridgehead atoms. The summed E-state index contributed by atoms with van der Waals surface area (Å²) in [5.74, 6) is 2.45. The van der Waals surface area contributed by atoms with Gasteiger partial charge in [-0.15, -0.1) is 0 Å². The number of amides is 1. The third-order valence-corrected chi connectivity index (χ3v) is 8.36. The van der Waals surface area contributed by atoms with E-state index in [1.54, 1.807) is 7.11 Å². The molecule has 1 saturated carbocycles. The van der Waals surface area contributed by atoms with Crippen LogP contribution in [0.3, 0.4) is 0 Å². The van der Waals surface area contributed by atoms with Gasteiger partial charge >= 0.3 is 0 Å². The molecule has 6 heteroatoms. The Morgan fingerprint density at radius 3 is 2.61 bits per heavy atom. The smallest absolute Gasteiger partial charge is 0.226 e. The van der Waals surface area contributed by atoms with E-state index < -0.39 is 0 Å². The molecule has 4 aliphatic rings. The second-order valence-corrected chi connectivity index (χ2v) is 10.3. The number of likely N-dealkylation sites (tertiary alicyclic amines) is 2. The summed E-state index contributed by atoms with van der Waals surface area (Å²) in [6.07, 6.45) is 11.1. The molecule has 31 heavy (non-hydrogen) atoms. The maximum absolute atomic E-state index is 12.8. The first-order valence-electron chi connectivity index (χ1n) is 11.7. The van der Waals surface area contributed by atoms with Gasteiger partial charge in [0, 0.05) is 32.2 Å². The number of rotatable bonds is 4. The van der Waals surface area contributed by atoms with Crippen molar-refractivity contribution in [2.75, 3.05) is 33.3 Å². The molecule has 2 aliphatic carbocycles. The Labute approximate surface area is 190 Å². The summed E-state index contributed by atoms with van der Waals surface area (Å²) < 4.78 is 5.28. The van der Waals surface area contributed by atoms with Gasteiger partial charge in [-0.3, -0.25) is 4.79 Å². The van der Waals surface area contributed by atoms with Crippen LogP contribution in [0.15, 0.2) is 36.4 Å². The van der Waals surface area contributed by atoms with Crippen LogP contribution in [0.5, 0.6) is 5.75 Å². The summed E-state index contributed by atoms with van der Waals surface area (Å²) in [4.78, 5) is 17.3. The van der Waals surface area contributed by atoms with Crippen LogP contribution in [0.25, 0.3) is 0 Å². The van der Waals surface area contributed by atoms with Crippen LogP contribution in [-0.2, 0) is 11.2 Å². The molecular weight excluding hydrogens is 406 g/mol. The fourth-order valence-electron chi connectivity index (χ4n) is 6.01. The second kappa shape index (κ2) is 8.45. The Morgan fingerprint density at radius 1 is 1.16 bits per heavy atom. The van der Waals surface area contributed by atoms with Gasteiger partial charge in [0.15, 0.2) is 5.11 Å². The second-order valence-electron chi connectivity index (χ2n) is 9.92. The number of hydrogen-bond acceptors (Lipinski definition) is 3. The average molecular weight is 440 g/mol. The van der Waals surface area contributed by atoms with E-state index in [0.717, 1.165) is 61.4 Å². The summed E-state index contributed by atoms with van der Waals surface area (Å²) in [5, 5.41) is 4.61. The van der Waals surface area contributed by atoms with Gasteiger partial charge in [-0.1, -0.05) is 24.3 Å². The Morgan fingerprint density at radius 2 is 1.94 bits per heavy atom. The minimum atomic E-state index is 0.222. The van der Waals surface area contributed by atoms with Crippen LogP contribution < -0.4 is 10.1 Å². The van der Waals surface area contributed by atoms with E-state index in [1.807, 2.05) is 29.2 Å². The maximum Gasteiger partial charge on any atom is 0.226 e. The molecular formula is C25H33N3O2S. The lowest BCUT2D eigenvalue weighted by atomic mass is 9.77. The van der Waals surface area contributed by atoms with Gasteiger partial charge in [0.25, 0.3) is 0 Å². The van der Waals surface area contributed by atoms with E-state index in [2.05, 4.69) is 22.4 Å². The predicted octanol–water partition coefficient (Wildman–Crippen LogP) is 3.39. The van der Waals surface area contributed by atoms with Gasteiger partial charge in [-0.05, 0) is 79.3 Å². The summed E-state index contributed by atoms with van der Waals surface area (Å²) in [6.45, 7) is 3.79. The lowest BCUT2D eigenvalue weighted by Crippen LogP contribution is -2.48. The first-order valence-corrected chi connectivity index (χ1v) is 12.1. The van der Waals surface area contributed by atoms with Gasteiger partial charge < -0.3 is 19.9 Å². The highest BCUT2D eigenvalue weighted by Crippen LogP contribution is 2.42. The van der Waals surface area contributed by atoms with Crippen molar-refractivity contribution in [3.8, 4) is 5.75 Å². The van der Waals surface area contributed by atoms with Gasteiger partial charge in [0.2, 0.25) is 5.91 Å². The molecule has 3 unspecified atom stereocenters. The van der Waals surface area contributed by atoms with Crippen LogP contribution in [0.1, 0.15) is 37.7 Å². The van der Waals surface area contributed by atoms with Crippen molar-refractivity contribution in [2.45, 2.75) is 44.6 Å². The highest BCUT2D eigenvalue weighted by atomic mass is 32.1. The van der Waals surface area contributed by atoms with Crippen molar-refractivity contribution < 1.29 is 9.53 Å². The van der Waals surface area contributed by atoms with Crippen LogP contribution in [0.2, 0.25) is 0 Å². The monoisotopic (exact) mass is 439 g/mol. The molecule has 2 heterocycles. The number of carbonyl (C=O) groups excluding carboxylic acids is 1. The van der Waals surface area contributed by atoms with Crippen LogP contribution >= 0.6 is 12.2 Å². The normalized spacial score (nSPS) is 28.4. The minimum Gasteiger partial charge on any atom is -0.497 e. The zero-order valence-electron chi connectivity index (χ0n) is 18.4. The van der Waals surface area contributed by atoms with Crippen molar-refractivity contribution >= 4 is 23.2 Å². The number of carbonyl (C=O) groups is 1. The largest absolute Gasteiger partial charge is 0.497 e. The molecule has 1 N–H and O–H groups in total. The maximum atomic E-state index is 12.8. The van der Waals surface area contributed by atoms with Crippen LogP contribution in [0.4, 0.5) is 0 Å². The van der Waals surface area contributed by atoms with Crippen molar-refractivity contribution in [3.05, 3.63) is 42.0 Å². The molecule has 1 aromatic rings. The summed E-state index contributed by atoms with van der Waals surface area (Å²) in [6, 6.07) is 8.34. The third-order valence-electron chi connectivity index (χ3n) is 7.98. The molecule has 5 rings (SSSR count). The Kier molecular flexibility index (Phi) is 5.67. The Balaban J connectivity index is 1.11. The SMILES string of the molecule is COc1cccc(CC(=O)N2CCC3(CC2)CCN(C(=S)NC2CC4C=CC2C4)C3)c1. The molecule has 166 valence electrons. The van der Waals surface area contributed by atoms with E-state index in [9.17, 15) is 4.79 Å². The number of methoxy groups -OCH3 is 1. The number of ether oxygens (including phenoxy) is 1. The number of piperidine rings is 1. The number of fused-ring (bicyclic) bond motifs is 2. The first kappa shape index (κ1) is 20.8. The predicted molar refractivity (Wildman–Crippen MR) is 126 cm³/mol. The van der Waals surface area contributed by atoms with Crippen LogP contribution in [0, 0.1) is 17.3 Å². The topological polar surface area (TPSA) is 44.8 Å².